The summed E-state index contributed by atoms with van der Waals surface area (Å²) in [7, 11) is 0. The van der Waals surface area contributed by atoms with Gasteiger partial charge in [-0.3, -0.25) is 19.3 Å². The average Bonchev–Trinajstić information content (AvgIpc) is 2.97. The third kappa shape index (κ3) is 4.91. The third-order valence-corrected chi connectivity index (χ3v) is 5.30. The van der Waals surface area contributed by atoms with E-state index in [0.717, 1.165) is 12.8 Å². The minimum Gasteiger partial charge on any atom is -0.462 e. The van der Waals surface area contributed by atoms with Gasteiger partial charge in [-0.15, -0.1) is 0 Å². The number of ether oxygens (including phenoxy) is 1. The standard InChI is InChI=1S/C22H26N2O5/c1-2-3-14-29-22(28)15-8-10-16(11-9-15)23-19(25)12-13-24-20(26)17-6-4-5-7-18(17)21(24)27/h4-5,8-11,17-18H,2-3,6-7,12-14H2,1H3,(H,23,25). The smallest absolute Gasteiger partial charge is 0.338 e. The summed E-state index contributed by atoms with van der Waals surface area (Å²) < 4.78 is 5.15. The maximum absolute atomic E-state index is 12.4. The van der Waals surface area contributed by atoms with Crippen LogP contribution in [0.15, 0.2) is 36.4 Å². The number of fused-ring (bicyclic) bond motifs is 1. The second kappa shape index (κ2) is 9.49. The number of rotatable bonds is 8. The lowest BCUT2D eigenvalue weighted by atomic mass is 9.85. The number of nitrogens with one attached hydrogen (secondary N) is 1. The zero-order valence-corrected chi connectivity index (χ0v) is 16.6. The van der Waals surface area contributed by atoms with E-state index in [2.05, 4.69) is 5.32 Å². The first kappa shape index (κ1) is 20.8. The summed E-state index contributed by atoms with van der Waals surface area (Å²) in [6.45, 7) is 2.49. The molecule has 2 atom stereocenters. The Morgan fingerprint density at radius 2 is 1.69 bits per heavy atom. The Morgan fingerprint density at radius 3 is 2.28 bits per heavy atom. The van der Waals surface area contributed by atoms with E-state index in [1.165, 1.54) is 4.90 Å². The van der Waals surface area contributed by atoms with Crippen LogP contribution in [-0.2, 0) is 19.1 Å². The van der Waals surface area contributed by atoms with E-state index in [-0.39, 0.29) is 42.5 Å². The fourth-order valence-electron chi connectivity index (χ4n) is 3.61. The topological polar surface area (TPSA) is 92.8 Å². The Hall–Kier alpha value is -2.96. The van der Waals surface area contributed by atoms with Gasteiger partial charge >= 0.3 is 5.97 Å². The highest BCUT2D eigenvalue weighted by Gasteiger charge is 2.46. The molecule has 7 heteroatoms. The maximum Gasteiger partial charge on any atom is 0.338 e. The Bertz CT molecular complexity index is 789. The number of amides is 3. The number of likely N-dealkylation sites (tertiary alicyclic amines) is 1. The summed E-state index contributed by atoms with van der Waals surface area (Å²) in [5, 5.41) is 2.72. The quantitative estimate of drug-likeness (QED) is 0.315. The molecule has 0 aromatic heterocycles. The molecule has 1 aliphatic carbocycles. The van der Waals surface area contributed by atoms with Crippen LogP contribution in [0.4, 0.5) is 5.69 Å². The van der Waals surface area contributed by atoms with Crippen LogP contribution in [0.2, 0.25) is 0 Å². The van der Waals surface area contributed by atoms with Crippen LogP contribution in [-0.4, -0.2) is 41.7 Å². The molecule has 1 aliphatic heterocycles. The highest BCUT2D eigenvalue weighted by molar-refractivity contribution is 6.05. The second-order valence-electron chi connectivity index (χ2n) is 7.35. The van der Waals surface area contributed by atoms with Gasteiger partial charge in [0, 0.05) is 18.7 Å². The van der Waals surface area contributed by atoms with Crippen LogP contribution in [0, 0.1) is 11.8 Å². The normalized spacial score (nSPS) is 20.5. The number of benzene rings is 1. The van der Waals surface area contributed by atoms with E-state index >= 15 is 0 Å². The molecule has 2 unspecified atom stereocenters. The molecule has 0 bridgehead atoms. The molecule has 1 fully saturated rings. The first-order chi connectivity index (χ1) is 14.0. The molecule has 1 heterocycles. The average molecular weight is 398 g/mol. The van der Waals surface area contributed by atoms with E-state index in [1.807, 2.05) is 19.1 Å². The minimum atomic E-state index is -0.390. The number of anilines is 1. The van der Waals surface area contributed by atoms with E-state index in [9.17, 15) is 19.2 Å². The number of unbranched alkanes of at least 4 members (excludes halogenated alkanes) is 1. The highest BCUT2D eigenvalue weighted by atomic mass is 16.5. The number of nitrogens with zero attached hydrogens (tertiary/aromatic N) is 1. The minimum absolute atomic E-state index is 0.0329. The second-order valence-corrected chi connectivity index (χ2v) is 7.35. The molecule has 1 N–H and O–H groups in total. The molecule has 0 radical (unpaired) electrons. The van der Waals surface area contributed by atoms with Gasteiger partial charge in [0.05, 0.1) is 24.0 Å². The number of esters is 1. The summed E-state index contributed by atoms with van der Waals surface area (Å²) in [6.07, 6.45) is 6.85. The van der Waals surface area contributed by atoms with Crippen LogP contribution < -0.4 is 5.32 Å². The first-order valence-corrected chi connectivity index (χ1v) is 10.1. The van der Waals surface area contributed by atoms with Crippen LogP contribution in [0.25, 0.3) is 0 Å². The van der Waals surface area contributed by atoms with Crippen molar-refractivity contribution in [3.63, 3.8) is 0 Å². The predicted molar refractivity (Wildman–Crippen MR) is 107 cm³/mol. The number of hydrogen-bond acceptors (Lipinski definition) is 5. The molecule has 0 saturated carbocycles. The van der Waals surface area contributed by atoms with Crippen molar-refractivity contribution < 1.29 is 23.9 Å². The maximum atomic E-state index is 12.4. The summed E-state index contributed by atoms with van der Waals surface area (Å²) in [6, 6.07) is 6.44. The van der Waals surface area contributed by atoms with Crippen molar-refractivity contribution in [1.29, 1.82) is 0 Å². The molecule has 1 aromatic rings. The molecular formula is C22H26N2O5. The van der Waals surface area contributed by atoms with Crippen molar-refractivity contribution in [2.45, 2.75) is 39.0 Å². The molecule has 2 aliphatic rings. The zero-order valence-electron chi connectivity index (χ0n) is 16.6. The predicted octanol–water partition coefficient (Wildman–Crippen LogP) is 2.92. The molecule has 29 heavy (non-hydrogen) atoms. The van der Waals surface area contributed by atoms with Crippen molar-refractivity contribution in [3.05, 3.63) is 42.0 Å². The Morgan fingerprint density at radius 1 is 1.07 bits per heavy atom. The molecule has 1 saturated heterocycles. The SMILES string of the molecule is CCCCOC(=O)c1ccc(NC(=O)CCN2C(=O)C3CC=CCC3C2=O)cc1. The lowest BCUT2D eigenvalue weighted by molar-refractivity contribution is -0.140. The fourth-order valence-corrected chi connectivity index (χ4v) is 3.61. The van der Waals surface area contributed by atoms with Crippen LogP contribution in [0.5, 0.6) is 0 Å². The van der Waals surface area contributed by atoms with Gasteiger partial charge in [0.2, 0.25) is 17.7 Å². The summed E-state index contributed by atoms with van der Waals surface area (Å²) in [5.41, 5.74) is 0.959. The Kier molecular flexibility index (Phi) is 6.80. The lowest BCUT2D eigenvalue weighted by Crippen LogP contribution is -2.34. The van der Waals surface area contributed by atoms with Gasteiger partial charge in [0.25, 0.3) is 0 Å². The van der Waals surface area contributed by atoms with Crippen molar-refractivity contribution in [2.75, 3.05) is 18.5 Å². The van der Waals surface area contributed by atoms with Gasteiger partial charge in [-0.25, -0.2) is 4.79 Å². The Balaban J connectivity index is 1.48. The van der Waals surface area contributed by atoms with Crippen molar-refractivity contribution >= 4 is 29.4 Å². The molecule has 1 aromatic carbocycles. The largest absolute Gasteiger partial charge is 0.462 e. The summed E-state index contributed by atoms with van der Waals surface area (Å²) >= 11 is 0. The molecule has 0 spiro atoms. The molecule has 154 valence electrons. The number of carbonyl (C=O) groups excluding carboxylic acids is 4. The number of hydrogen-bond donors (Lipinski definition) is 1. The highest BCUT2D eigenvalue weighted by Crippen LogP contribution is 2.35. The van der Waals surface area contributed by atoms with Gasteiger partial charge in [-0.1, -0.05) is 25.5 Å². The lowest BCUT2D eigenvalue weighted by Gasteiger charge is -2.14. The van der Waals surface area contributed by atoms with Crippen molar-refractivity contribution in [2.24, 2.45) is 11.8 Å². The zero-order chi connectivity index (χ0) is 20.8. The number of carbonyl (C=O) groups is 4. The first-order valence-electron chi connectivity index (χ1n) is 10.1. The van der Waals surface area contributed by atoms with Crippen LogP contribution in [0.1, 0.15) is 49.4 Å². The van der Waals surface area contributed by atoms with Crippen LogP contribution >= 0.6 is 0 Å². The van der Waals surface area contributed by atoms with Gasteiger partial charge in [0.1, 0.15) is 0 Å². The van der Waals surface area contributed by atoms with E-state index in [1.54, 1.807) is 24.3 Å². The number of allylic oxidation sites excluding steroid dienone is 2. The Labute approximate surface area is 170 Å². The van der Waals surface area contributed by atoms with E-state index < -0.39 is 5.97 Å². The molecule has 3 amide bonds. The van der Waals surface area contributed by atoms with Gasteiger partial charge < -0.3 is 10.1 Å². The fraction of sp³-hybridized carbons (Fsp3) is 0.455. The molecule has 7 nitrogen and oxygen atoms in total. The monoisotopic (exact) mass is 398 g/mol. The van der Waals surface area contributed by atoms with Crippen LogP contribution in [0.3, 0.4) is 0 Å². The van der Waals surface area contributed by atoms with Gasteiger partial charge in [-0.05, 0) is 43.5 Å². The van der Waals surface area contributed by atoms with E-state index in [4.69, 9.17) is 4.74 Å². The van der Waals surface area contributed by atoms with Crippen molar-refractivity contribution in [3.8, 4) is 0 Å². The number of imide groups is 1. The van der Waals surface area contributed by atoms with Crippen molar-refractivity contribution in [1.82, 2.24) is 4.90 Å². The van der Waals surface area contributed by atoms with Gasteiger partial charge in [0.15, 0.2) is 0 Å². The molecular weight excluding hydrogens is 372 g/mol. The van der Waals surface area contributed by atoms with Gasteiger partial charge in [-0.2, -0.15) is 0 Å². The summed E-state index contributed by atoms with van der Waals surface area (Å²) in [4.78, 5) is 50.2. The molecule has 3 rings (SSSR count). The van der Waals surface area contributed by atoms with E-state index in [0.29, 0.717) is 30.7 Å². The summed E-state index contributed by atoms with van der Waals surface area (Å²) in [5.74, 6) is -1.60. The third-order valence-electron chi connectivity index (χ3n) is 5.30.